The molecule has 0 bridgehead atoms. The molecule has 0 spiro atoms. The van der Waals surface area contributed by atoms with E-state index in [1.54, 1.807) is 0 Å². The maximum atomic E-state index is 13.1. The fourth-order valence-electron chi connectivity index (χ4n) is 4.31. The fourth-order valence-corrected chi connectivity index (χ4v) is 4.80. The second-order valence-corrected chi connectivity index (χ2v) is 9.64. The van der Waals surface area contributed by atoms with Crippen molar-refractivity contribution in [2.75, 3.05) is 10.6 Å². The average Bonchev–Trinajstić information content (AvgIpc) is 2.82. The highest BCUT2D eigenvalue weighted by atomic mass is 127. The van der Waals surface area contributed by atoms with Gasteiger partial charge in [0.05, 0.1) is 11.3 Å². The number of nitrogen functional groups attached to an aromatic ring is 1. The Morgan fingerprint density at radius 3 is 2.24 bits per heavy atom. The standard InChI is InChI=1S/C28H24IN3O/c1-17-8-10-20(14-24(17)30)21-11-9-18(2)26(15-21)32-25-13-12-22(29)16-23(25)28(33)31-27(32)19-6-4-3-5-7-19/h3-16,27H,30H2,1-2H3,(H,31,33). The number of halogens is 1. The van der Waals surface area contributed by atoms with E-state index in [0.717, 1.165) is 48.4 Å². The van der Waals surface area contributed by atoms with Gasteiger partial charge in [-0.3, -0.25) is 4.79 Å². The Morgan fingerprint density at radius 2 is 1.52 bits per heavy atom. The molecule has 164 valence electrons. The van der Waals surface area contributed by atoms with Crippen LogP contribution in [-0.2, 0) is 0 Å². The molecule has 1 heterocycles. The first-order valence-electron chi connectivity index (χ1n) is 10.8. The third-order valence-electron chi connectivity index (χ3n) is 6.19. The zero-order valence-electron chi connectivity index (χ0n) is 18.5. The van der Waals surface area contributed by atoms with Gasteiger partial charge in [-0.25, -0.2) is 0 Å². The van der Waals surface area contributed by atoms with Crippen LogP contribution in [0, 0.1) is 17.4 Å². The lowest BCUT2D eigenvalue weighted by molar-refractivity contribution is 0.0929. The number of fused-ring (bicyclic) bond motifs is 1. The predicted molar refractivity (Wildman–Crippen MR) is 144 cm³/mol. The van der Waals surface area contributed by atoms with Crippen molar-refractivity contribution in [2.24, 2.45) is 0 Å². The molecule has 4 aromatic rings. The SMILES string of the molecule is Cc1ccc(-c2ccc(C)c(N3c4ccc(I)cc4C(=O)NC3c3ccccc3)c2)cc1N. The van der Waals surface area contributed by atoms with Gasteiger partial charge in [-0.1, -0.05) is 54.6 Å². The zero-order valence-corrected chi connectivity index (χ0v) is 20.6. The normalized spacial score (nSPS) is 15.2. The molecule has 0 saturated carbocycles. The molecule has 0 fully saturated rings. The summed E-state index contributed by atoms with van der Waals surface area (Å²) < 4.78 is 1.03. The molecule has 1 amide bonds. The van der Waals surface area contributed by atoms with Crippen molar-refractivity contribution in [2.45, 2.75) is 20.0 Å². The van der Waals surface area contributed by atoms with Crippen molar-refractivity contribution in [3.8, 4) is 11.1 Å². The molecule has 4 nitrogen and oxygen atoms in total. The number of carbonyl (C=O) groups excluding carboxylic acids is 1. The largest absolute Gasteiger partial charge is 0.398 e. The van der Waals surface area contributed by atoms with Crippen LogP contribution in [0.3, 0.4) is 0 Å². The van der Waals surface area contributed by atoms with Crippen LogP contribution in [0.5, 0.6) is 0 Å². The maximum Gasteiger partial charge on any atom is 0.255 e. The lowest BCUT2D eigenvalue weighted by Gasteiger charge is -2.40. The third kappa shape index (κ3) is 3.97. The summed E-state index contributed by atoms with van der Waals surface area (Å²) in [6, 6.07) is 28.7. The summed E-state index contributed by atoms with van der Waals surface area (Å²) in [5.74, 6) is -0.0614. The minimum Gasteiger partial charge on any atom is -0.398 e. The quantitative estimate of drug-likeness (QED) is 0.222. The van der Waals surface area contributed by atoms with Gasteiger partial charge in [-0.2, -0.15) is 0 Å². The number of aryl methyl sites for hydroxylation is 2. The van der Waals surface area contributed by atoms with Crippen LogP contribution in [-0.4, -0.2) is 5.91 Å². The van der Waals surface area contributed by atoms with Gasteiger partial charge in [0.15, 0.2) is 0 Å². The molecular formula is C28H24IN3O. The molecule has 0 radical (unpaired) electrons. The van der Waals surface area contributed by atoms with E-state index < -0.39 is 0 Å². The van der Waals surface area contributed by atoms with Gasteiger partial charge in [-0.15, -0.1) is 0 Å². The highest BCUT2D eigenvalue weighted by molar-refractivity contribution is 14.1. The van der Waals surface area contributed by atoms with Crippen molar-refractivity contribution in [1.29, 1.82) is 0 Å². The van der Waals surface area contributed by atoms with Crippen molar-refractivity contribution < 1.29 is 4.79 Å². The Hall–Kier alpha value is -3.32. The van der Waals surface area contributed by atoms with Crippen molar-refractivity contribution in [1.82, 2.24) is 5.32 Å². The smallest absolute Gasteiger partial charge is 0.255 e. The summed E-state index contributed by atoms with van der Waals surface area (Å²) in [7, 11) is 0. The molecule has 5 rings (SSSR count). The molecule has 0 saturated heterocycles. The Labute approximate surface area is 207 Å². The topological polar surface area (TPSA) is 58.4 Å². The molecule has 3 N–H and O–H groups in total. The molecule has 1 aliphatic rings. The van der Waals surface area contributed by atoms with E-state index in [9.17, 15) is 4.79 Å². The number of rotatable bonds is 3. The minimum absolute atomic E-state index is 0.0614. The van der Waals surface area contributed by atoms with Crippen LogP contribution in [0.1, 0.15) is 33.2 Å². The van der Waals surface area contributed by atoms with Crippen LogP contribution < -0.4 is 16.0 Å². The molecule has 1 unspecified atom stereocenters. The second-order valence-electron chi connectivity index (χ2n) is 8.39. The van der Waals surface area contributed by atoms with E-state index in [4.69, 9.17) is 5.73 Å². The molecule has 0 aliphatic carbocycles. The fraction of sp³-hybridized carbons (Fsp3) is 0.107. The first kappa shape index (κ1) is 21.5. The van der Waals surface area contributed by atoms with Crippen LogP contribution in [0.15, 0.2) is 84.9 Å². The van der Waals surface area contributed by atoms with E-state index >= 15 is 0 Å². The molecule has 1 aliphatic heterocycles. The van der Waals surface area contributed by atoms with E-state index in [2.05, 4.69) is 82.2 Å². The molecule has 1 atom stereocenters. The number of benzene rings is 4. The number of nitrogens with two attached hydrogens (primary N) is 1. The number of hydrogen-bond acceptors (Lipinski definition) is 3. The van der Waals surface area contributed by atoms with Crippen molar-refractivity contribution in [3.05, 3.63) is 111 Å². The van der Waals surface area contributed by atoms with Gasteiger partial charge in [0.2, 0.25) is 0 Å². The summed E-state index contributed by atoms with van der Waals surface area (Å²) in [6.07, 6.45) is -0.316. The molecule has 5 heteroatoms. The van der Waals surface area contributed by atoms with E-state index in [1.165, 1.54) is 0 Å². The molecule has 0 aromatic heterocycles. The van der Waals surface area contributed by atoms with Gasteiger partial charge >= 0.3 is 0 Å². The average molecular weight is 545 g/mol. The van der Waals surface area contributed by atoms with Crippen molar-refractivity contribution >= 4 is 45.6 Å². The van der Waals surface area contributed by atoms with Crippen LogP contribution in [0.25, 0.3) is 11.1 Å². The monoisotopic (exact) mass is 545 g/mol. The summed E-state index contributed by atoms with van der Waals surface area (Å²) >= 11 is 2.25. The number of carbonyl (C=O) groups is 1. The number of nitrogens with one attached hydrogen (secondary N) is 1. The Balaban J connectivity index is 1.71. The van der Waals surface area contributed by atoms with Crippen molar-refractivity contribution in [3.63, 3.8) is 0 Å². The summed E-state index contributed by atoms with van der Waals surface area (Å²) in [4.78, 5) is 15.3. The first-order chi connectivity index (χ1) is 15.9. The summed E-state index contributed by atoms with van der Waals surface area (Å²) in [6.45, 7) is 4.12. The number of nitrogens with zero attached hydrogens (tertiary/aromatic N) is 1. The van der Waals surface area contributed by atoms with Gasteiger partial charge in [0.25, 0.3) is 5.91 Å². The van der Waals surface area contributed by atoms with Gasteiger partial charge < -0.3 is 16.0 Å². The van der Waals surface area contributed by atoms with Gasteiger partial charge in [-0.05, 0) is 94.6 Å². The summed E-state index contributed by atoms with van der Waals surface area (Å²) in [5.41, 5.74) is 15.0. The number of amides is 1. The lowest BCUT2D eigenvalue weighted by Crippen LogP contribution is -2.44. The van der Waals surface area contributed by atoms with Crippen LogP contribution in [0.4, 0.5) is 17.1 Å². The Kier molecular flexibility index (Phi) is 5.58. The molecule has 4 aromatic carbocycles. The first-order valence-corrected chi connectivity index (χ1v) is 11.9. The molecular weight excluding hydrogens is 521 g/mol. The second kappa shape index (κ2) is 8.56. The number of anilines is 3. The van der Waals surface area contributed by atoms with E-state index in [0.29, 0.717) is 5.56 Å². The third-order valence-corrected chi connectivity index (χ3v) is 6.86. The minimum atomic E-state index is -0.316. The maximum absolute atomic E-state index is 13.1. The van der Waals surface area contributed by atoms with Gasteiger partial charge in [0, 0.05) is 14.9 Å². The number of hydrogen-bond donors (Lipinski definition) is 2. The van der Waals surface area contributed by atoms with Gasteiger partial charge in [0.1, 0.15) is 6.17 Å². The van der Waals surface area contributed by atoms with Crippen LogP contribution in [0.2, 0.25) is 0 Å². The summed E-state index contributed by atoms with van der Waals surface area (Å²) in [5, 5.41) is 3.23. The predicted octanol–water partition coefficient (Wildman–Crippen LogP) is 6.74. The zero-order chi connectivity index (χ0) is 23.1. The van der Waals surface area contributed by atoms with E-state index in [-0.39, 0.29) is 12.1 Å². The highest BCUT2D eigenvalue weighted by Gasteiger charge is 2.33. The highest BCUT2D eigenvalue weighted by Crippen LogP contribution is 2.42. The van der Waals surface area contributed by atoms with Crippen LogP contribution >= 0.6 is 22.6 Å². The Bertz CT molecular complexity index is 1370. The molecule has 33 heavy (non-hydrogen) atoms. The van der Waals surface area contributed by atoms with E-state index in [1.807, 2.05) is 49.4 Å². The Morgan fingerprint density at radius 1 is 0.818 bits per heavy atom. The lowest BCUT2D eigenvalue weighted by atomic mass is 9.97.